The average Bonchev–Trinajstić information content (AvgIpc) is 3.11. The van der Waals surface area contributed by atoms with Crippen LogP contribution in [0.15, 0.2) is 54.6 Å². The molecule has 1 aromatic heterocycles. The number of hydrogen-bond donors (Lipinski definition) is 1. The number of aromatic nitrogens is 3. The molecule has 1 amide bonds. The van der Waals surface area contributed by atoms with Crippen molar-refractivity contribution < 1.29 is 9.53 Å². The summed E-state index contributed by atoms with van der Waals surface area (Å²) in [6, 6.07) is 16.6. The fourth-order valence-electron chi connectivity index (χ4n) is 3.12. The van der Waals surface area contributed by atoms with Crippen LogP contribution in [-0.4, -0.2) is 27.5 Å². The van der Waals surface area contributed by atoms with E-state index in [0.29, 0.717) is 32.5 Å². The zero-order chi connectivity index (χ0) is 21.3. The van der Waals surface area contributed by atoms with E-state index in [0.717, 1.165) is 16.8 Å². The minimum atomic E-state index is -0.359. The molecule has 0 aliphatic rings. The second-order valence-electron chi connectivity index (χ2n) is 6.88. The maximum Gasteiger partial charge on any atom is 0.262 e. The Balaban J connectivity index is 1.51. The SMILES string of the molecule is Cc1cc(C)c(OCC(=O)Nc2cc3nn(-c4ccccc4)nc3cc2Cl)c(Cl)c1. The molecule has 4 aromatic rings. The van der Waals surface area contributed by atoms with E-state index >= 15 is 0 Å². The van der Waals surface area contributed by atoms with Crippen molar-refractivity contribution in [1.82, 2.24) is 15.0 Å². The topological polar surface area (TPSA) is 69.0 Å². The number of nitrogens with one attached hydrogen (secondary N) is 1. The molecule has 0 saturated carbocycles. The lowest BCUT2D eigenvalue weighted by molar-refractivity contribution is -0.118. The summed E-state index contributed by atoms with van der Waals surface area (Å²) in [5.41, 5.74) is 4.39. The Morgan fingerprint density at radius 3 is 2.40 bits per heavy atom. The number of carbonyl (C=O) groups is 1. The number of ether oxygens (including phenoxy) is 1. The van der Waals surface area contributed by atoms with Crippen molar-refractivity contribution in [2.24, 2.45) is 0 Å². The maximum atomic E-state index is 12.4. The van der Waals surface area contributed by atoms with Crippen LogP contribution in [0.5, 0.6) is 5.75 Å². The first-order valence-corrected chi connectivity index (χ1v) is 9.98. The van der Waals surface area contributed by atoms with E-state index in [-0.39, 0.29) is 12.5 Å². The third-order valence-corrected chi connectivity index (χ3v) is 5.05. The summed E-state index contributed by atoms with van der Waals surface area (Å²) in [5.74, 6) is 0.132. The van der Waals surface area contributed by atoms with Gasteiger partial charge in [-0.2, -0.15) is 4.80 Å². The maximum absolute atomic E-state index is 12.4. The monoisotopic (exact) mass is 440 g/mol. The highest BCUT2D eigenvalue weighted by Gasteiger charge is 2.14. The van der Waals surface area contributed by atoms with Gasteiger partial charge in [-0.1, -0.05) is 47.5 Å². The third-order valence-electron chi connectivity index (χ3n) is 4.45. The second-order valence-corrected chi connectivity index (χ2v) is 7.69. The average molecular weight is 441 g/mol. The van der Waals surface area contributed by atoms with E-state index in [1.165, 1.54) is 4.80 Å². The predicted octanol–water partition coefficient (Wildman–Crippen LogP) is 5.36. The Hall–Kier alpha value is -3.09. The molecule has 0 saturated heterocycles. The largest absolute Gasteiger partial charge is 0.482 e. The summed E-state index contributed by atoms with van der Waals surface area (Å²) in [4.78, 5) is 13.9. The molecule has 30 heavy (non-hydrogen) atoms. The van der Waals surface area contributed by atoms with E-state index < -0.39 is 0 Å². The first kappa shape index (κ1) is 20.2. The summed E-state index contributed by atoms with van der Waals surface area (Å²) in [6.07, 6.45) is 0. The van der Waals surface area contributed by atoms with Gasteiger partial charge in [-0.15, -0.1) is 10.2 Å². The number of para-hydroxylation sites is 1. The summed E-state index contributed by atoms with van der Waals surface area (Å²) in [5, 5.41) is 12.5. The number of nitrogens with zero attached hydrogens (tertiary/aromatic N) is 3. The van der Waals surface area contributed by atoms with Crippen LogP contribution in [0.2, 0.25) is 10.0 Å². The highest BCUT2D eigenvalue weighted by Crippen LogP contribution is 2.30. The van der Waals surface area contributed by atoms with Crippen molar-refractivity contribution in [3.05, 3.63) is 75.8 Å². The van der Waals surface area contributed by atoms with Crippen LogP contribution in [0.1, 0.15) is 11.1 Å². The zero-order valence-electron chi connectivity index (χ0n) is 16.3. The third kappa shape index (κ3) is 4.25. The van der Waals surface area contributed by atoms with Gasteiger partial charge in [-0.3, -0.25) is 4.79 Å². The van der Waals surface area contributed by atoms with Gasteiger partial charge in [-0.25, -0.2) is 0 Å². The molecule has 0 radical (unpaired) electrons. The second kappa shape index (κ2) is 8.34. The Kier molecular flexibility index (Phi) is 5.61. The fourth-order valence-corrected chi connectivity index (χ4v) is 3.70. The molecule has 0 fully saturated rings. The molecule has 0 bridgehead atoms. The van der Waals surface area contributed by atoms with Gasteiger partial charge in [0.05, 0.1) is 21.4 Å². The Morgan fingerprint density at radius 1 is 1.00 bits per heavy atom. The van der Waals surface area contributed by atoms with Gasteiger partial charge in [-0.05, 0) is 55.3 Å². The molecule has 0 aliphatic carbocycles. The summed E-state index contributed by atoms with van der Waals surface area (Å²) < 4.78 is 5.63. The molecule has 3 aromatic carbocycles. The van der Waals surface area contributed by atoms with E-state index in [2.05, 4.69) is 15.5 Å². The predicted molar refractivity (Wildman–Crippen MR) is 119 cm³/mol. The molecule has 0 spiro atoms. The van der Waals surface area contributed by atoms with E-state index in [1.807, 2.05) is 50.2 Å². The zero-order valence-corrected chi connectivity index (χ0v) is 17.8. The van der Waals surface area contributed by atoms with Crippen molar-refractivity contribution in [1.29, 1.82) is 0 Å². The Bertz CT molecular complexity index is 1220. The van der Waals surface area contributed by atoms with Gasteiger partial charge in [0.1, 0.15) is 16.8 Å². The molecule has 1 heterocycles. The Labute approximate surface area is 183 Å². The van der Waals surface area contributed by atoms with Crippen LogP contribution in [-0.2, 0) is 4.79 Å². The molecule has 4 rings (SSSR count). The number of amides is 1. The van der Waals surface area contributed by atoms with E-state index in [1.54, 1.807) is 18.2 Å². The molecular weight excluding hydrogens is 423 g/mol. The number of anilines is 1. The lowest BCUT2D eigenvalue weighted by Gasteiger charge is -2.12. The molecule has 0 aliphatic heterocycles. The molecule has 0 unspecified atom stereocenters. The lowest BCUT2D eigenvalue weighted by Crippen LogP contribution is -2.20. The van der Waals surface area contributed by atoms with Gasteiger partial charge in [0, 0.05) is 0 Å². The summed E-state index contributed by atoms with van der Waals surface area (Å²) >= 11 is 12.6. The van der Waals surface area contributed by atoms with E-state index in [4.69, 9.17) is 27.9 Å². The quantitative estimate of drug-likeness (QED) is 0.453. The van der Waals surface area contributed by atoms with Gasteiger partial charge in [0.15, 0.2) is 6.61 Å². The van der Waals surface area contributed by atoms with Crippen LogP contribution in [0.4, 0.5) is 5.69 Å². The molecule has 6 nitrogen and oxygen atoms in total. The number of aryl methyl sites for hydroxylation is 2. The molecule has 0 atom stereocenters. The summed E-state index contributed by atoms with van der Waals surface area (Å²) in [6.45, 7) is 3.63. The van der Waals surface area contributed by atoms with Crippen LogP contribution in [0.3, 0.4) is 0 Å². The molecule has 152 valence electrons. The van der Waals surface area contributed by atoms with Crippen LogP contribution in [0, 0.1) is 13.8 Å². The lowest BCUT2D eigenvalue weighted by atomic mass is 10.1. The summed E-state index contributed by atoms with van der Waals surface area (Å²) in [7, 11) is 0. The molecule has 8 heteroatoms. The van der Waals surface area contributed by atoms with Crippen LogP contribution < -0.4 is 10.1 Å². The van der Waals surface area contributed by atoms with Gasteiger partial charge in [0.25, 0.3) is 5.91 Å². The highest BCUT2D eigenvalue weighted by molar-refractivity contribution is 6.34. The van der Waals surface area contributed by atoms with Crippen molar-refractivity contribution in [2.45, 2.75) is 13.8 Å². The number of fused-ring (bicyclic) bond motifs is 1. The minimum Gasteiger partial charge on any atom is -0.482 e. The van der Waals surface area contributed by atoms with Gasteiger partial charge >= 0.3 is 0 Å². The highest BCUT2D eigenvalue weighted by atomic mass is 35.5. The van der Waals surface area contributed by atoms with Crippen molar-refractivity contribution in [3.63, 3.8) is 0 Å². The normalized spacial score (nSPS) is 10.9. The first-order valence-electron chi connectivity index (χ1n) is 9.22. The molecule has 1 N–H and O–H groups in total. The van der Waals surface area contributed by atoms with Crippen molar-refractivity contribution in [3.8, 4) is 11.4 Å². The first-order chi connectivity index (χ1) is 14.4. The number of rotatable bonds is 5. The fraction of sp³-hybridized carbons (Fsp3) is 0.136. The van der Waals surface area contributed by atoms with E-state index in [9.17, 15) is 4.79 Å². The van der Waals surface area contributed by atoms with Crippen LogP contribution in [0.25, 0.3) is 16.7 Å². The number of benzene rings is 3. The molecular formula is C22H18Cl2N4O2. The standard InChI is InChI=1S/C22H18Cl2N4O2/c1-13-8-14(2)22(17(24)9-13)30-12-21(29)25-18-11-20-19(10-16(18)23)26-28(27-20)15-6-4-3-5-7-15/h3-11H,12H2,1-2H3,(H,25,29). The minimum absolute atomic E-state index is 0.200. The van der Waals surface area contributed by atoms with Crippen molar-refractivity contribution in [2.75, 3.05) is 11.9 Å². The smallest absolute Gasteiger partial charge is 0.262 e. The number of hydrogen-bond acceptors (Lipinski definition) is 4. The number of halogens is 2. The number of carbonyl (C=O) groups excluding carboxylic acids is 1. The Morgan fingerprint density at radius 2 is 1.70 bits per heavy atom. The van der Waals surface area contributed by atoms with Crippen LogP contribution >= 0.6 is 23.2 Å². The van der Waals surface area contributed by atoms with Crippen molar-refractivity contribution >= 4 is 45.8 Å². The van der Waals surface area contributed by atoms with Gasteiger partial charge in [0.2, 0.25) is 0 Å². The van der Waals surface area contributed by atoms with Gasteiger partial charge < -0.3 is 10.1 Å².